The molecule has 1 aliphatic rings. The Balaban J connectivity index is 1.73. The number of rotatable bonds is 4. The van der Waals surface area contributed by atoms with Crippen LogP contribution >= 0.6 is 0 Å². The van der Waals surface area contributed by atoms with Gasteiger partial charge in [0.25, 0.3) is 0 Å². The van der Waals surface area contributed by atoms with Gasteiger partial charge < -0.3 is 49.3 Å². The zero-order chi connectivity index (χ0) is 24.0. The first-order valence-electron chi connectivity index (χ1n) is 9.88. The van der Waals surface area contributed by atoms with Gasteiger partial charge >= 0.3 is 0 Å². The van der Waals surface area contributed by atoms with Gasteiger partial charge in [-0.15, -0.1) is 0 Å². The first kappa shape index (κ1) is 22.7. The predicted octanol–water partition coefficient (Wildman–Crippen LogP) is 0.792. The molecule has 1 saturated heterocycles. The molecule has 0 saturated carbocycles. The van der Waals surface area contributed by atoms with Gasteiger partial charge in [0.1, 0.15) is 40.8 Å². The van der Waals surface area contributed by atoms with Gasteiger partial charge in [0.05, 0.1) is 13.2 Å². The summed E-state index contributed by atoms with van der Waals surface area (Å²) in [5, 5.41) is 59.7. The van der Waals surface area contributed by atoms with Crippen LogP contribution in [0.3, 0.4) is 0 Å². The lowest BCUT2D eigenvalue weighted by Gasteiger charge is -2.39. The topological polar surface area (TPSA) is 179 Å². The summed E-state index contributed by atoms with van der Waals surface area (Å²) in [5.74, 6) is -1.70. The van der Waals surface area contributed by atoms with Gasteiger partial charge in [-0.1, -0.05) is 0 Å². The summed E-state index contributed by atoms with van der Waals surface area (Å²) in [7, 11) is 1.33. The molecule has 6 N–H and O–H groups in total. The Bertz CT molecular complexity index is 1250. The maximum atomic E-state index is 12.6. The van der Waals surface area contributed by atoms with Crippen molar-refractivity contribution in [2.45, 2.75) is 37.6 Å². The lowest BCUT2D eigenvalue weighted by Crippen LogP contribution is -2.58. The summed E-state index contributed by atoms with van der Waals surface area (Å²) in [6, 6.07) is 6.28. The molecule has 2 heterocycles. The molecule has 0 radical (unpaired) electrons. The van der Waals surface area contributed by atoms with Crippen molar-refractivity contribution >= 4 is 11.0 Å². The molecule has 33 heavy (non-hydrogen) atoms. The van der Waals surface area contributed by atoms with E-state index in [2.05, 4.69) is 0 Å². The van der Waals surface area contributed by atoms with E-state index < -0.39 is 47.6 Å². The van der Waals surface area contributed by atoms with Gasteiger partial charge in [0.2, 0.25) is 17.5 Å². The summed E-state index contributed by atoms with van der Waals surface area (Å²) in [4.78, 5) is 12.6. The number of hydrogen-bond donors (Lipinski definition) is 6. The van der Waals surface area contributed by atoms with Crippen molar-refractivity contribution in [1.29, 1.82) is 0 Å². The van der Waals surface area contributed by atoms with Crippen LogP contribution in [0.2, 0.25) is 0 Å². The molecule has 2 aromatic carbocycles. The van der Waals surface area contributed by atoms with Crippen LogP contribution in [0.15, 0.2) is 39.5 Å². The van der Waals surface area contributed by atoms with Crippen LogP contribution in [0.1, 0.15) is 6.92 Å². The van der Waals surface area contributed by atoms with Crippen LogP contribution in [0.25, 0.3) is 22.3 Å². The van der Waals surface area contributed by atoms with Crippen molar-refractivity contribution in [3.05, 3.63) is 40.6 Å². The number of ether oxygens (including phenoxy) is 3. The first-order chi connectivity index (χ1) is 15.6. The quantitative estimate of drug-likeness (QED) is 0.323. The van der Waals surface area contributed by atoms with Gasteiger partial charge in [-0.25, -0.2) is 0 Å². The molecule has 3 unspecified atom stereocenters. The molecule has 5 atom stereocenters. The van der Waals surface area contributed by atoms with Gasteiger partial charge in [-0.2, -0.15) is 0 Å². The number of aromatic hydroxyl groups is 3. The number of fused-ring (bicyclic) bond motifs is 1. The zero-order valence-corrected chi connectivity index (χ0v) is 17.5. The predicted molar refractivity (Wildman–Crippen MR) is 112 cm³/mol. The normalized spacial score (nSPS) is 25.2. The second kappa shape index (κ2) is 8.45. The highest BCUT2D eigenvalue weighted by molar-refractivity contribution is 5.88. The fourth-order valence-electron chi connectivity index (χ4n) is 3.61. The SMILES string of the molecule is COc1cc(-c2oc3cc(O)cc(O)c3c(=O)c2O)ccc1OC1OC(C)[C@H](O)C(O)[C@@H]1O. The number of aliphatic hydroxyl groups is 3. The van der Waals surface area contributed by atoms with Gasteiger partial charge in [0, 0.05) is 17.7 Å². The lowest BCUT2D eigenvalue weighted by atomic mass is 10.00. The molecule has 1 aromatic heterocycles. The van der Waals surface area contributed by atoms with Crippen molar-refractivity contribution < 1.29 is 49.3 Å². The molecular formula is C22H22O11. The average Bonchev–Trinajstić information content (AvgIpc) is 2.78. The minimum atomic E-state index is -1.54. The monoisotopic (exact) mass is 462 g/mol. The Hall–Kier alpha value is -3.51. The molecule has 176 valence electrons. The summed E-state index contributed by atoms with van der Waals surface area (Å²) in [5.41, 5.74) is -0.847. The second-order valence-electron chi connectivity index (χ2n) is 7.61. The van der Waals surface area contributed by atoms with Crippen molar-refractivity contribution in [2.75, 3.05) is 7.11 Å². The van der Waals surface area contributed by atoms with E-state index in [0.717, 1.165) is 12.1 Å². The Morgan fingerprint density at radius 1 is 0.939 bits per heavy atom. The second-order valence-corrected chi connectivity index (χ2v) is 7.61. The Kier molecular flexibility index (Phi) is 5.80. The van der Waals surface area contributed by atoms with E-state index in [0.29, 0.717) is 0 Å². The van der Waals surface area contributed by atoms with E-state index in [9.17, 15) is 35.4 Å². The van der Waals surface area contributed by atoms with Crippen molar-refractivity contribution in [3.8, 4) is 40.1 Å². The molecule has 1 fully saturated rings. The highest BCUT2D eigenvalue weighted by Gasteiger charge is 2.43. The maximum Gasteiger partial charge on any atom is 0.238 e. The maximum absolute atomic E-state index is 12.6. The molecule has 0 amide bonds. The smallest absolute Gasteiger partial charge is 0.238 e. The summed E-state index contributed by atoms with van der Waals surface area (Å²) >= 11 is 0. The number of benzene rings is 2. The standard InChI is InChI=1S/C22H22O11/c1-8-16(25)18(27)20(29)22(31-8)33-12-4-3-9(5-13(12)30-2)21-19(28)17(26)15-11(24)6-10(23)7-14(15)32-21/h3-8,16,18,20,22-25,27-29H,1-2H3/t8?,16-,18?,20-,22?/m0/s1. The summed E-state index contributed by atoms with van der Waals surface area (Å²) < 4.78 is 21.9. The van der Waals surface area contributed by atoms with Crippen LogP contribution < -0.4 is 14.9 Å². The largest absolute Gasteiger partial charge is 0.508 e. The minimum absolute atomic E-state index is 0.0963. The third-order valence-electron chi connectivity index (χ3n) is 5.41. The van der Waals surface area contributed by atoms with E-state index in [4.69, 9.17) is 18.6 Å². The molecule has 0 spiro atoms. The molecule has 4 rings (SSSR count). The van der Waals surface area contributed by atoms with E-state index in [-0.39, 0.29) is 39.5 Å². The Morgan fingerprint density at radius 3 is 2.36 bits per heavy atom. The number of methoxy groups -OCH3 is 1. The van der Waals surface area contributed by atoms with Gasteiger partial charge in [-0.05, 0) is 25.1 Å². The van der Waals surface area contributed by atoms with Crippen molar-refractivity contribution in [3.63, 3.8) is 0 Å². The molecule has 11 nitrogen and oxygen atoms in total. The molecule has 3 aromatic rings. The van der Waals surface area contributed by atoms with Crippen molar-refractivity contribution in [2.24, 2.45) is 0 Å². The number of phenols is 2. The van der Waals surface area contributed by atoms with Crippen LogP contribution in [0.5, 0.6) is 28.7 Å². The first-order valence-corrected chi connectivity index (χ1v) is 9.88. The Labute approximate surface area is 186 Å². The van der Waals surface area contributed by atoms with E-state index in [1.165, 1.54) is 32.2 Å². The Morgan fingerprint density at radius 2 is 1.67 bits per heavy atom. The number of hydrogen-bond acceptors (Lipinski definition) is 11. The zero-order valence-electron chi connectivity index (χ0n) is 17.5. The highest BCUT2D eigenvalue weighted by atomic mass is 16.7. The number of phenolic OH excluding ortho intramolecular Hbond substituents is 2. The summed E-state index contributed by atoms with van der Waals surface area (Å²) in [6.07, 6.45) is -6.43. The van der Waals surface area contributed by atoms with Gasteiger partial charge in [-0.3, -0.25) is 4.79 Å². The molecule has 0 bridgehead atoms. The highest BCUT2D eigenvalue weighted by Crippen LogP contribution is 2.39. The fraction of sp³-hybridized carbons (Fsp3) is 0.318. The van der Waals surface area contributed by atoms with Gasteiger partial charge in [0.15, 0.2) is 17.3 Å². The molecular weight excluding hydrogens is 440 g/mol. The van der Waals surface area contributed by atoms with Crippen LogP contribution in [0.4, 0.5) is 0 Å². The summed E-state index contributed by atoms with van der Waals surface area (Å²) in [6.45, 7) is 1.51. The molecule has 0 aliphatic carbocycles. The van der Waals surface area contributed by atoms with E-state index in [1.54, 1.807) is 0 Å². The third-order valence-corrected chi connectivity index (χ3v) is 5.41. The van der Waals surface area contributed by atoms with Crippen molar-refractivity contribution in [1.82, 2.24) is 0 Å². The average molecular weight is 462 g/mol. The molecule has 11 heteroatoms. The lowest BCUT2D eigenvalue weighted by molar-refractivity contribution is -0.268. The van der Waals surface area contributed by atoms with Crippen LogP contribution in [-0.4, -0.2) is 68.5 Å². The number of aliphatic hydroxyl groups excluding tert-OH is 3. The minimum Gasteiger partial charge on any atom is -0.508 e. The third kappa shape index (κ3) is 3.91. The fourth-order valence-corrected chi connectivity index (χ4v) is 3.61. The van der Waals surface area contributed by atoms with Crippen LogP contribution in [0, 0.1) is 0 Å². The van der Waals surface area contributed by atoms with E-state index >= 15 is 0 Å². The van der Waals surface area contributed by atoms with E-state index in [1.807, 2.05) is 0 Å². The van der Waals surface area contributed by atoms with Crippen LogP contribution in [-0.2, 0) is 4.74 Å². The molecule has 1 aliphatic heterocycles.